The highest BCUT2D eigenvalue weighted by Crippen LogP contribution is 2.05. The number of allylic oxidation sites excluding steroid dienone is 1. The largest absolute Gasteiger partial charge is 0.387 e. The number of hydrogen-bond acceptors (Lipinski definition) is 2. The first-order valence-electron chi connectivity index (χ1n) is 3.35. The summed E-state index contributed by atoms with van der Waals surface area (Å²) in [5.41, 5.74) is 6.24. The average Bonchev–Trinajstić information content (AvgIpc) is 1.90. The van der Waals surface area contributed by atoms with E-state index in [1.807, 2.05) is 6.92 Å². The van der Waals surface area contributed by atoms with E-state index < -0.39 is 6.10 Å². The van der Waals surface area contributed by atoms with Gasteiger partial charge < -0.3 is 10.8 Å². The molecule has 0 bridgehead atoms. The molecule has 0 rings (SSSR count). The summed E-state index contributed by atoms with van der Waals surface area (Å²) >= 11 is 0. The van der Waals surface area contributed by atoms with E-state index in [0.29, 0.717) is 0 Å². The van der Waals surface area contributed by atoms with Crippen LogP contribution >= 0.6 is 0 Å². The predicted octanol–water partition coefficient (Wildman–Crippen LogP) is 0.827. The Balaban J connectivity index is 4.16. The zero-order valence-corrected chi connectivity index (χ0v) is 6.54. The van der Waals surface area contributed by atoms with Crippen LogP contribution in [-0.2, 0) is 0 Å². The van der Waals surface area contributed by atoms with E-state index in [4.69, 9.17) is 5.73 Å². The SMILES string of the molecule is C=C/C(=C\C)C(O)C(C)N. The second kappa shape index (κ2) is 4.25. The fourth-order valence-corrected chi connectivity index (χ4v) is 0.713. The van der Waals surface area contributed by atoms with E-state index in [1.54, 1.807) is 19.1 Å². The van der Waals surface area contributed by atoms with Crippen molar-refractivity contribution in [1.29, 1.82) is 0 Å². The Bertz CT molecular complexity index is 138. The summed E-state index contributed by atoms with van der Waals surface area (Å²) in [6.45, 7) is 7.16. The third kappa shape index (κ3) is 2.33. The Labute approximate surface area is 62.0 Å². The monoisotopic (exact) mass is 141 g/mol. The van der Waals surface area contributed by atoms with Crippen molar-refractivity contribution in [2.24, 2.45) is 5.73 Å². The van der Waals surface area contributed by atoms with Crippen molar-refractivity contribution in [2.45, 2.75) is 26.0 Å². The molecule has 0 saturated carbocycles. The molecule has 2 atom stereocenters. The van der Waals surface area contributed by atoms with Gasteiger partial charge in [0.15, 0.2) is 0 Å². The second-order valence-corrected chi connectivity index (χ2v) is 2.30. The summed E-state index contributed by atoms with van der Waals surface area (Å²) in [5.74, 6) is 0. The highest BCUT2D eigenvalue weighted by atomic mass is 16.3. The lowest BCUT2D eigenvalue weighted by atomic mass is 10.0. The summed E-state index contributed by atoms with van der Waals surface area (Å²) in [6.07, 6.45) is 2.84. The molecule has 0 fully saturated rings. The van der Waals surface area contributed by atoms with Crippen LogP contribution in [-0.4, -0.2) is 17.3 Å². The van der Waals surface area contributed by atoms with Gasteiger partial charge in [-0.1, -0.05) is 18.7 Å². The van der Waals surface area contributed by atoms with Gasteiger partial charge in [-0.25, -0.2) is 0 Å². The van der Waals surface area contributed by atoms with Crippen molar-refractivity contribution < 1.29 is 5.11 Å². The van der Waals surface area contributed by atoms with Crippen molar-refractivity contribution in [2.75, 3.05) is 0 Å². The maximum absolute atomic E-state index is 9.32. The van der Waals surface area contributed by atoms with Crippen LogP contribution in [0, 0.1) is 0 Å². The van der Waals surface area contributed by atoms with Crippen molar-refractivity contribution in [1.82, 2.24) is 0 Å². The van der Waals surface area contributed by atoms with Crippen LogP contribution in [0.1, 0.15) is 13.8 Å². The van der Waals surface area contributed by atoms with Crippen LogP contribution in [0.25, 0.3) is 0 Å². The smallest absolute Gasteiger partial charge is 0.0934 e. The van der Waals surface area contributed by atoms with E-state index in [0.717, 1.165) is 5.57 Å². The third-order valence-electron chi connectivity index (χ3n) is 1.41. The minimum absolute atomic E-state index is 0.232. The van der Waals surface area contributed by atoms with E-state index in [9.17, 15) is 5.11 Å². The Morgan fingerprint density at radius 1 is 1.70 bits per heavy atom. The van der Waals surface area contributed by atoms with Gasteiger partial charge in [-0.2, -0.15) is 0 Å². The average molecular weight is 141 g/mol. The molecular weight excluding hydrogens is 126 g/mol. The molecule has 10 heavy (non-hydrogen) atoms. The summed E-state index contributed by atoms with van der Waals surface area (Å²) in [5, 5.41) is 9.32. The van der Waals surface area contributed by atoms with Crippen LogP contribution in [0.15, 0.2) is 24.3 Å². The molecule has 0 aromatic carbocycles. The number of aliphatic hydroxyl groups excluding tert-OH is 1. The van der Waals surface area contributed by atoms with Crippen LogP contribution in [0.4, 0.5) is 0 Å². The Morgan fingerprint density at radius 2 is 2.20 bits per heavy atom. The molecule has 0 heterocycles. The van der Waals surface area contributed by atoms with E-state index >= 15 is 0 Å². The summed E-state index contributed by atoms with van der Waals surface area (Å²) < 4.78 is 0. The quantitative estimate of drug-likeness (QED) is 0.572. The topological polar surface area (TPSA) is 46.2 Å². The molecule has 58 valence electrons. The zero-order valence-electron chi connectivity index (χ0n) is 6.54. The normalized spacial score (nSPS) is 18.2. The number of aliphatic hydroxyl groups is 1. The fourth-order valence-electron chi connectivity index (χ4n) is 0.713. The first kappa shape index (κ1) is 9.40. The molecule has 0 radical (unpaired) electrons. The lowest BCUT2D eigenvalue weighted by Gasteiger charge is -2.14. The maximum Gasteiger partial charge on any atom is 0.0934 e. The lowest BCUT2D eigenvalue weighted by Crippen LogP contribution is -2.32. The molecular formula is C8H15NO. The van der Waals surface area contributed by atoms with Gasteiger partial charge in [-0.05, 0) is 19.4 Å². The van der Waals surface area contributed by atoms with Crippen molar-refractivity contribution >= 4 is 0 Å². The second-order valence-electron chi connectivity index (χ2n) is 2.30. The van der Waals surface area contributed by atoms with Gasteiger partial charge in [-0.3, -0.25) is 0 Å². The van der Waals surface area contributed by atoms with E-state index in [2.05, 4.69) is 6.58 Å². The maximum atomic E-state index is 9.32. The summed E-state index contributed by atoms with van der Waals surface area (Å²) in [7, 11) is 0. The predicted molar refractivity (Wildman–Crippen MR) is 43.6 cm³/mol. The molecule has 0 saturated heterocycles. The van der Waals surface area contributed by atoms with Gasteiger partial charge in [0.2, 0.25) is 0 Å². The minimum atomic E-state index is -0.581. The molecule has 2 unspecified atom stereocenters. The molecule has 2 heteroatoms. The van der Waals surface area contributed by atoms with Crippen molar-refractivity contribution in [3.63, 3.8) is 0 Å². The van der Waals surface area contributed by atoms with Gasteiger partial charge in [0, 0.05) is 6.04 Å². The molecule has 0 aliphatic carbocycles. The Hall–Kier alpha value is -0.600. The van der Waals surface area contributed by atoms with Crippen LogP contribution in [0.3, 0.4) is 0 Å². The zero-order chi connectivity index (χ0) is 8.15. The molecule has 0 aliphatic heterocycles. The third-order valence-corrected chi connectivity index (χ3v) is 1.41. The molecule has 0 aromatic heterocycles. The first-order chi connectivity index (χ1) is 4.63. The number of nitrogens with two attached hydrogens (primary N) is 1. The van der Waals surface area contributed by atoms with E-state index in [-0.39, 0.29) is 6.04 Å². The first-order valence-corrected chi connectivity index (χ1v) is 3.35. The summed E-state index contributed by atoms with van der Waals surface area (Å²) in [4.78, 5) is 0. The molecule has 0 amide bonds. The molecule has 0 aromatic rings. The molecule has 2 nitrogen and oxygen atoms in total. The van der Waals surface area contributed by atoms with Gasteiger partial charge in [0.1, 0.15) is 0 Å². The van der Waals surface area contributed by atoms with Gasteiger partial charge >= 0.3 is 0 Å². The Morgan fingerprint density at radius 3 is 2.30 bits per heavy atom. The summed E-state index contributed by atoms with van der Waals surface area (Å²) in [6, 6.07) is -0.232. The van der Waals surface area contributed by atoms with Crippen molar-refractivity contribution in [3.05, 3.63) is 24.3 Å². The lowest BCUT2D eigenvalue weighted by molar-refractivity contribution is 0.190. The van der Waals surface area contributed by atoms with Crippen LogP contribution in [0.5, 0.6) is 0 Å². The highest BCUT2D eigenvalue weighted by molar-refractivity contribution is 5.21. The number of rotatable bonds is 3. The Kier molecular flexibility index (Phi) is 4.00. The minimum Gasteiger partial charge on any atom is -0.387 e. The van der Waals surface area contributed by atoms with Crippen molar-refractivity contribution in [3.8, 4) is 0 Å². The molecule has 3 N–H and O–H groups in total. The molecule has 0 spiro atoms. The van der Waals surface area contributed by atoms with Gasteiger partial charge in [-0.15, -0.1) is 0 Å². The van der Waals surface area contributed by atoms with Gasteiger partial charge in [0.25, 0.3) is 0 Å². The van der Waals surface area contributed by atoms with Crippen LogP contribution in [0.2, 0.25) is 0 Å². The van der Waals surface area contributed by atoms with Crippen LogP contribution < -0.4 is 5.73 Å². The van der Waals surface area contributed by atoms with E-state index in [1.165, 1.54) is 0 Å². The molecule has 0 aliphatic rings. The highest BCUT2D eigenvalue weighted by Gasteiger charge is 2.10. The standard InChI is InChI=1S/C8H15NO/c1-4-7(5-2)8(10)6(3)9/h4-6,8,10H,1,9H2,2-3H3/b7-5+. The fraction of sp³-hybridized carbons (Fsp3) is 0.500. The number of hydrogen-bond donors (Lipinski definition) is 2. The van der Waals surface area contributed by atoms with Gasteiger partial charge in [0.05, 0.1) is 6.10 Å².